The summed E-state index contributed by atoms with van der Waals surface area (Å²) in [5.41, 5.74) is 1.05. The van der Waals surface area contributed by atoms with Crippen LogP contribution >= 0.6 is 15.9 Å². The molecule has 0 bridgehead atoms. The van der Waals surface area contributed by atoms with Crippen molar-refractivity contribution in [1.82, 2.24) is 10.2 Å². The summed E-state index contributed by atoms with van der Waals surface area (Å²) in [4.78, 5) is 2.48. The Labute approximate surface area is 116 Å². The molecule has 0 amide bonds. The predicted octanol–water partition coefficient (Wildman–Crippen LogP) is 2.63. The van der Waals surface area contributed by atoms with Crippen LogP contribution in [0.1, 0.15) is 12.5 Å². The van der Waals surface area contributed by atoms with Crippen LogP contribution in [-0.2, 0) is 6.54 Å². The van der Waals surface area contributed by atoms with E-state index in [0.29, 0.717) is 10.5 Å². The third-order valence-electron chi connectivity index (χ3n) is 4.46. The Balaban J connectivity index is 1.75. The van der Waals surface area contributed by atoms with Crippen molar-refractivity contribution < 1.29 is 4.39 Å². The number of halogens is 2. The topological polar surface area (TPSA) is 15.3 Å². The maximum absolute atomic E-state index is 13.5. The van der Waals surface area contributed by atoms with E-state index in [9.17, 15) is 4.39 Å². The molecule has 2 saturated heterocycles. The van der Waals surface area contributed by atoms with Gasteiger partial charge in [0.1, 0.15) is 5.82 Å². The third kappa shape index (κ3) is 2.10. The molecule has 2 nitrogen and oxygen atoms in total. The molecule has 18 heavy (non-hydrogen) atoms. The Morgan fingerprint density at radius 2 is 2.28 bits per heavy atom. The van der Waals surface area contributed by atoms with Gasteiger partial charge in [-0.05, 0) is 59.4 Å². The predicted molar refractivity (Wildman–Crippen MR) is 73.8 cm³/mol. The molecule has 2 fully saturated rings. The molecule has 3 unspecified atom stereocenters. The lowest BCUT2D eigenvalue weighted by Gasteiger charge is -2.24. The number of likely N-dealkylation sites (tertiary alicyclic amines) is 1. The van der Waals surface area contributed by atoms with Gasteiger partial charge in [0, 0.05) is 19.1 Å². The minimum absolute atomic E-state index is 0.166. The van der Waals surface area contributed by atoms with E-state index in [1.807, 2.05) is 6.07 Å². The summed E-state index contributed by atoms with van der Waals surface area (Å²) in [6.45, 7) is 6.53. The summed E-state index contributed by atoms with van der Waals surface area (Å²) >= 11 is 3.35. The van der Waals surface area contributed by atoms with E-state index < -0.39 is 0 Å². The average Bonchev–Trinajstić information content (AvgIpc) is 2.90. The van der Waals surface area contributed by atoms with Crippen LogP contribution in [-0.4, -0.2) is 30.6 Å². The molecule has 0 radical (unpaired) electrons. The standard InChI is InChI=1S/C14H18BrFN2/c1-9-12-6-17-5-11(12)8-18(9)7-10-3-2-4-13(16)14(10)15/h2-4,9,11-12,17H,5-8H2,1H3. The fraction of sp³-hybridized carbons (Fsp3) is 0.571. The maximum Gasteiger partial charge on any atom is 0.137 e. The van der Waals surface area contributed by atoms with Gasteiger partial charge < -0.3 is 5.32 Å². The number of nitrogens with one attached hydrogen (secondary N) is 1. The molecule has 2 aliphatic heterocycles. The largest absolute Gasteiger partial charge is 0.316 e. The molecule has 1 aromatic carbocycles. The van der Waals surface area contributed by atoms with Gasteiger partial charge in [-0.3, -0.25) is 4.90 Å². The van der Waals surface area contributed by atoms with Gasteiger partial charge in [-0.2, -0.15) is 0 Å². The molecular formula is C14H18BrFN2. The number of benzene rings is 1. The van der Waals surface area contributed by atoms with Crippen LogP contribution in [0, 0.1) is 17.7 Å². The molecule has 2 aliphatic rings. The Bertz CT molecular complexity index is 451. The molecule has 1 N–H and O–H groups in total. The van der Waals surface area contributed by atoms with Gasteiger partial charge in [0.05, 0.1) is 4.47 Å². The number of hydrogen-bond donors (Lipinski definition) is 1. The number of fused-ring (bicyclic) bond motifs is 1. The van der Waals surface area contributed by atoms with E-state index in [-0.39, 0.29) is 5.82 Å². The molecule has 0 spiro atoms. The normalized spacial score (nSPS) is 31.8. The van der Waals surface area contributed by atoms with Crippen LogP contribution in [0.3, 0.4) is 0 Å². The van der Waals surface area contributed by atoms with Crippen LogP contribution in [0.2, 0.25) is 0 Å². The molecule has 98 valence electrons. The molecule has 0 aliphatic carbocycles. The van der Waals surface area contributed by atoms with Crippen molar-refractivity contribution in [1.29, 1.82) is 0 Å². The van der Waals surface area contributed by atoms with Crippen molar-refractivity contribution >= 4 is 15.9 Å². The minimum atomic E-state index is -0.166. The monoisotopic (exact) mass is 312 g/mol. The van der Waals surface area contributed by atoms with Crippen molar-refractivity contribution in [2.75, 3.05) is 19.6 Å². The van der Waals surface area contributed by atoms with Crippen LogP contribution in [0.15, 0.2) is 22.7 Å². The smallest absolute Gasteiger partial charge is 0.137 e. The van der Waals surface area contributed by atoms with Crippen molar-refractivity contribution in [3.05, 3.63) is 34.1 Å². The van der Waals surface area contributed by atoms with Crippen molar-refractivity contribution in [3.63, 3.8) is 0 Å². The Kier molecular flexibility index (Phi) is 3.43. The Hall–Kier alpha value is -0.450. The molecule has 3 atom stereocenters. The fourth-order valence-electron chi connectivity index (χ4n) is 3.35. The maximum atomic E-state index is 13.5. The zero-order valence-electron chi connectivity index (χ0n) is 10.5. The number of rotatable bonds is 2. The van der Waals surface area contributed by atoms with E-state index in [0.717, 1.165) is 43.6 Å². The highest BCUT2D eigenvalue weighted by atomic mass is 79.9. The second-order valence-corrected chi connectivity index (χ2v) is 6.26. The lowest BCUT2D eigenvalue weighted by molar-refractivity contribution is 0.230. The van der Waals surface area contributed by atoms with Crippen molar-refractivity contribution in [2.45, 2.75) is 19.5 Å². The van der Waals surface area contributed by atoms with Crippen molar-refractivity contribution in [3.8, 4) is 0 Å². The molecule has 1 aromatic rings. The highest BCUT2D eigenvalue weighted by Crippen LogP contribution is 2.34. The van der Waals surface area contributed by atoms with Gasteiger partial charge in [-0.15, -0.1) is 0 Å². The average molecular weight is 313 g/mol. The summed E-state index contributed by atoms with van der Waals surface area (Å²) in [6, 6.07) is 5.88. The first-order chi connectivity index (χ1) is 8.66. The van der Waals surface area contributed by atoms with Crippen LogP contribution < -0.4 is 5.32 Å². The summed E-state index contributed by atoms with van der Waals surface area (Å²) < 4.78 is 14.1. The second-order valence-electron chi connectivity index (χ2n) is 5.47. The van der Waals surface area contributed by atoms with Gasteiger partial charge in [-0.25, -0.2) is 4.39 Å². The quantitative estimate of drug-likeness (QED) is 0.903. The Morgan fingerprint density at radius 3 is 3.06 bits per heavy atom. The highest BCUT2D eigenvalue weighted by Gasteiger charge is 2.41. The summed E-state index contributed by atoms with van der Waals surface area (Å²) in [5, 5.41) is 3.46. The van der Waals surface area contributed by atoms with Gasteiger partial charge in [0.15, 0.2) is 0 Å². The lowest BCUT2D eigenvalue weighted by atomic mass is 9.95. The number of nitrogens with zero attached hydrogens (tertiary/aromatic N) is 1. The molecule has 2 heterocycles. The van der Waals surface area contributed by atoms with Gasteiger partial charge in [-0.1, -0.05) is 12.1 Å². The van der Waals surface area contributed by atoms with Crippen LogP contribution in [0.25, 0.3) is 0 Å². The zero-order valence-corrected chi connectivity index (χ0v) is 12.1. The fourth-order valence-corrected chi connectivity index (χ4v) is 3.74. The first-order valence-electron chi connectivity index (χ1n) is 6.54. The minimum Gasteiger partial charge on any atom is -0.316 e. The molecule has 3 rings (SSSR count). The summed E-state index contributed by atoms with van der Waals surface area (Å²) in [7, 11) is 0. The van der Waals surface area contributed by atoms with Crippen LogP contribution in [0.5, 0.6) is 0 Å². The first kappa shape index (κ1) is 12.6. The molecule has 0 aromatic heterocycles. The number of hydrogen-bond acceptors (Lipinski definition) is 2. The highest BCUT2D eigenvalue weighted by molar-refractivity contribution is 9.10. The third-order valence-corrected chi connectivity index (χ3v) is 5.35. The Morgan fingerprint density at radius 1 is 1.44 bits per heavy atom. The molecule has 0 saturated carbocycles. The van der Waals surface area contributed by atoms with Crippen LogP contribution in [0.4, 0.5) is 4.39 Å². The van der Waals surface area contributed by atoms with Crippen molar-refractivity contribution in [2.24, 2.45) is 11.8 Å². The van der Waals surface area contributed by atoms with Gasteiger partial charge in [0.25, 0.3) is 0 Å². The zero-order chi connectivity index (χ0) is 12.7. The van der Waals surface area contributed by atoms with E-state index in [1.165, 1.54) is 6.07 Å². The molecular weight excluding hydrogens is 295 g/mol. The molecule has 4 heteroatoms. The lowest BCUT2D eigenvalue weighted by Crippen LogP contribution is -2.32. The van der Waals surface area contributed by atoms with Gasteiger partial charge in [0.2, 0.25) is 0 Å². The van der Waals surface area contributed by atoms with Gasteiger partial charge >= 0.3 is 0 Å². The van der Waals surface area contributed by atoms with E-state index in [4.69, 9.17) is 0 Å². The van der Waals surface area contributed by atoms with E-state index in [1.54, 1.807) is 6.07 Å². The SMILES string of the molecule is CC1C2CNCC2CN1Cc1cccc(F)c1Br. The first-order valence-corrected chi connectivity index (χ1v) is 7.34. The second kappa shape index (κ2) is 4.91. The van der Waals surface area contributed by atoms with E-state index in [2.05, 4.69) is 33.1 Å². The summed E-state index contributed by atoms with van der Waals surface area (Å²) in [6.07, 6.45) is 0. The summed E-state index contributed by atoms with van der Waals surface area (Å²) in [5.74, 6) is 1.37. The van der Waals surface area contributed by atoms with E-state index >= 15 is 0 Å².